The van der Waals surface area contributed by atoms with E-state index in [0.29, 0.717) is 35.6 Å². The number of hydrogen-bond donors (Lipinski definition) is 5. The molecule has 0 aliphatic rings. The van der Waals surface area contributed by atoms with Crippen molar-refractivity contribution in [3.05, 3.63) is 94.7 Å². The van der Waals surface area contributed by atoms with E-state index in [1.54, 1.807) is 19.3 Å². The first-order valence-electron chi connectivity index (χ1n) is 11.7. The van der Waals surface area contributed by atoms with Crippen LogP contribution in [-0.4, -0.2) is 38.0 Å². The number of carbonyl (C=O) groups excluding carboxylic acids is 1. The maximum atomic E-state index is 13.8. The number of nitrogens with zero attached hydrogens (tertiary/aromatic N) is 1. The molecule has 2 heterocycles. The van der Waals surface area contributed by atoms with Gasteiger partial charge in [-0.25, -0.2) is 14.2 Å². The SMILES string of the molecule is CCc1cc(F)cc(C)c1C(=O)NC(Cc1ccc(-c2cc(CNc3ncc[nH]3)c[nH]2)cc1)C(=O)O. The summed E-state index contributed by atoms with van der Waals surface area (Å²) in [7, 11) is 0. The Morgan fingerprint density at radius 1 is 1.11 bits per heavy atom. The molecule has 0 fully saturated rings. The Hall–Kier alpha value is -4.40. The first-order valence-corrected chi connectivity index (χ1v) is 11.7. The van der Waals surface area contributed by atoms with Crippen LogP contribution in [0.3, 0.4) is 0 Å². The first-order chi connectivity index (χ1) is 17.3. The summed E-state index contributed by atoms with van der Waals surface area (Å²) in [6.45, 7) is 4.07. The van der Waals surface area contributed by atoms with E-state index in [-0.39, 0.29) is 6.42 Å². The summed E-state index contributed by atoms with van der Waals surface area (Å²) in [5.41, 5.74) is 5.05. The Morgan fingerprint density at radius 3 is 2.56 bits per heavy atom. The van der Waals surface area contributed by atoms with Crippen molar-refractivity contribution in [1.82, 2.24) is 20.3 Å². The topological polar surface area (TPSA) is 123 Å². The van der Waals surface area contributed by atoms with Gasteiger partial charge in [0.05, 0.1) is 0 Å². The number of aryl methyl sites for hydroxylation is 2. The summed E-state index contributed by atoms with van der Waals surface area (Å²) in [6, 6.07) is 11.0. The van der Waals surface area contributed by atoms with Gasteiger partial charge < -0.3 is 25.7 Å². The van der Waals surface area contributed by atoms with Crippen LogP contribution in [0.25, 0.3) is 11.3 Å². The lowest BCUT2D eigenvalue weighted by atomic mass is 9.98. The van der Waals surface area contributed by atoms with Crippen LogP contribution in [0.2, 0.25) is 0 Å². The molecule has 0 aliphatic carbocycles. The number of carbonyl (C=O) groups is 2. The van der Waals surface area contributed by atoms with Gasteiger partial charge in [-0.3, -0.25) is 4.79 Å². The number of amides is 1. The van der Waals surface area contributed by atoms with Crippen molar-refractivity contribution in [2.75, 3.05) is 5.32 Å². The average molecular weight is 490 g/mol. The van der Waals surface area contributed by atoms with Crippen LogP contribution in [-0.2, 0) is 24.2 Å². The molecule has 4 rings (SSSR count). The van der Waals surface area contributed by atoms with E-state index in [9.17, 15) is 19.1 Å². The number of rotatable bonds is 10. The molecule has 4 aromatic rings. The highest BCUT2D eigenvalue weighted by Crippen LogP contribution is 2.21. The fraction of sp³-hybridized carbons (Fsp3) is 0.222. The normalized spacial score (nSPS) is 11.8. The van der Waals surface area contributed by atoms with Gasteiger partial charge in [0.2, 0.25) is 0 Å². The standard InChI is InChI=1S/C27H28FN5O3/c1-3-19-13-21(28)10-16(2)24(19)25(34)33-23(26(35)36)11-17-4-6-20(7-5-17)22-12-18(14-31-22)15-32-27-29-8-9-30-27/h4-10,12-14,23,31H,3,11,15H2,1-2H3,(H,33,34)(H,35,36)(H2,29,30,32). The van der Waals surface area contributed by atoms with E-state index in [1.165, 1.54) is 12.1 Å². The van der Waals surface area contributed by atoms with Crippen molar-refractivity contribution in [3.63, 3.8) is 0 Å². The van der Waals surface area contributed by atoms with Crippen LogP contribution in [0.5, 0.6) is 0 Å². The van der Waals surface area contributed by atoms with E-state index < -0.39 is 23.7 Å². The zero-order chi connectivity index (χ0) is 25.7. The third kappa shape index (κ3) is 5.80. The van der Waals surface area contributed by atoms with Gasteiger partial charge in [-0.15, -0.1) is 0 Å². The molecular weight excluding hydrogens is 461 g/mol. The molecule has 0 spiro atoms. The largest absolute Gasteiger partial charge is 0.480 e. The molecule has 8 nitrogen and oxygen atoms in total. The summed E-state index contributed by atoms with van der Waals surface area (Å²) in [5, 5.41) is 15.5. The molecule has 36 heavy (non-hydrogen) atoms. The van der Waals surface area contributed by atoms with Crippen molar-refractivity contribution in [2.24, 2.45) is 0 Å². The lowest BCUT2D eigenvalue weighted by molar-refractivity contribution is -0.139. The van der Waals surface area contributed by atoms with E-state index in [4.69, 9.17) is 0 Å². The smallest absolute Gasteiger partial charge is 0.326 e. The number of carboxylic acids is 1. The van der Waals surface area contributed by atoms with Crippen molar-refractivity contribution >= 4 is 17.8 Å². The van der Waals surface area contributed by atoms with Gasteiger partial charge in [0.1, 0.15) is 11.9 Å². The van der Waals surface area contributed by atoms with Gasteiger partial charge in [0, 0.05) is 42.8 Å². The number of anilines is 1. The molecule has 9 heteroatoms. The van der Waals surface area contributed by atoms with Gasteiger partial charge >= 0.3 is 5.97 Å². The van der Waals surface area contributed by atoms with Gasteiger partial charge in [-0.2, -0.15) is 0 Å². The molecular formula is C27H28FN5O3. The predicted molar refractivity (Wildman–Crippen MR) is 135 cm³/mol. The summed E-state index contributed by atoms with van der Waals surface area (Å²) in [4.78, 5) is 35.2. The van der Waals surface area contributed by atoms with Crippen LogP contribution in [0, 0.1) is 12.7 Å². The molecule has 186 valence electrons. The minimum Gasteiger partial charge on any atom is -0.480 e. The summed E-state index contributed by atoms with van der Waals surface area (Å²) < 4.78 is 13.8. The van der Waals surface area contributed by atoms with Crippen LogP contribution in [0.1, 0.15) is 39.5 Å². The zero-order valence-electron chi connectivity index (χ0n) is 20.1. The lowest BCUT2D eigenvalue weighted by Gasteiger charge is -2.17. The predicted octanol–water partition coefficient (Wildman–Crippen LogP) is 4.45. The van der Waals surface area contributed by atoms with E-state index >= 15 is 0 Å². The van der Waals surface area contributed by atoms with Crippen LogP contribution < -0.4 is 10.6 Å². The number of H-pyrrole nitrogens is 2. The number of halogens is 1. The van der Waals surface area contributed by atoms with Gasteiger partial charge in [-0.1, -0.05) is 31.2 Å². The minimum absolute atomic E-state index is 0.117. The van der Waals surface area contributed by atoms with Crippen molar-refractivity contribution in [2.45, 2.75) is 39.3 Å². The van der Waals surface area contributed by atoms with E-state index in [2.05, 4.69) is 25.6 Å². The number of carboxylic acid groups (broad SMARTS) is 1. The Labute approximate surface area is 208 Å². The molecule has 0 aliphatic heterocycles. The Kier molecular flexibility index (Phi) is 7.48. The molecule has 5 N–H and O–H groups in total. The Morgan fingerprint density at radius 2 is 1.89 bits per heavy atom. The Bertz CT molecular complexity index is 1350. The second-order valence-electron chi connectivity index (χ2n) is 8.59. The maximum absolute atomic E-state index is 13.8. The van der Waals surface area contributed by atoms with Gasteiger partial charge in [0.25, 0.3) is 5.91 Å². The number of nitrogens with one attached hydrogen (secondary N) is 4. The summed E-state index contributed by atoms with van der Waals surface area (Å²) >= 11 is 0. The average Bonchev–Trinajstić information content (AvgIpc) is 3.54. The molecule has 0 saturated carbocycles. The first kappa shape index (κ1) is 24.7. The minimum atomic E-state index is -1.14. The van der Waals surface area contributed by atoms with Gasteiger partial charge in [0.15, 0.2) is 5.95 Å². The molecule has 0 radical (unpaired) electrons. The monoisotopic (exact) mass is 489 g/mol. The summed E-state index contributed by atoms with van der Waals surface area (Å²) in [6.07, 6.45) is 5.92. The molecule has 1 amide bonds. The zero-order valence-corrected chi connectivity index (χ0v) is 20.1. The fourth-order valence-corrected chi connectivity index (χ4v) is 4.16. The molecule has 1 atom stereocenters. The quantitative estimate of drug-likeness (QED) is 0.225. The fourth-order valence-electron chi connectivity index (χ4n) is 4.16. The lowest BCUT2D eigenvalue weighted by Crippen LogP contribution is -2.42. The third-order valence-electron chi connectivity index (χ3n) is 6.00. The van der Waals surface area contributed by atoms with E-state index in [1.807, 2.05) is 43.5 Å². The molecule has 2 aromatic carbocycles. The molecule has 1 unspecified atom stereocenters. The Balaban J connectivity index is 1.42. The van der Waals surface area contributed by atoms with Crippen LogP contribution in [0.4, 0.5) is 10.3 Å². The number of hydrogen-bond acceptors (Lipinski definition) is 4. The molecule has 0 bridgehead atoms. The number of aromatic nitrogens is 3. The van der Waals surface area contributed by atoms with Crippen molar-refractivity contribution in [3.8, 4) is 11.3 Å². The molecule has 2 aromatic heterocycles. The number of aliphatic carboxylic acids is 1. The number of imidazole rings is 1. The van der Waals surface area contributed by atoms with Crippen LogP contribution in [0.15, 0.2) is 61.1 Å². The van der Waals surface area contributed by atoms with Gasteiger partial charge in [-0.05, 0) is 59.4 Å². The highest BCUT2D eigenvalue weighted by atomic mass is 19.1. The third-order valence-corrected chi connectivity index (χ3v) is 6.00. The number of aromatic amines is 2. The second kappa shape index (κ2) is 10.9. The van der Waals surface area contributed by atoms with Crippen LogP contribution >= 0.6 is 0 Å². The van der Waals surface area contributed by atoms with Crippen molar-refractivity contribution < 1.29 is 19.1 Å². The maximum Gasteiger partial charge on any atom is 0.326 e. The van der Waals surface area contributed by atoms with Crippen molar-refractivity contribution in [1.29, 1.82) is 0 Å². The van der Waals surface area contributed by atoms with E-state index in [0.717, 1.165) is 22.4 Å². The molecule has 0 saturated heterocycles. The summed E-state index contributed by atoms with van der Waals surface area (Å²) in [5.74, 6) is -1.37. The highest BCUT2D eigenvalue weighted by molar-refractivity contribution is 5.99. The highest BCUT2D eigenvalue weighted by Gasteiger charge is 2.24. The number of benzene rings is 2. The second-order valence-corrected chi connectivity index (χ2v) is 8.59.